The lowest BCUT2D eigenvalue weighted by Crippen LogP contribution is -2.02. The third-order valence-electron chi connectivity index (χ3n) is 1.88. The van der Waals surface area contributed by atoms with E-state index in [0.717, 1.165) is 0 Å². The number of nitro benzene ring substituents is 1. The summed E-state index contributed by atoms with van der Waals surface area (Å²) in [7, 11) is 0. The molecule has 0 saturated carbocycles. The molecule has 0 atom stereocenters. The molecule has 0 aliphatic rings. The summed E-state index contributed by atoms with van der Waals surface area (Å²) < 4.78 is 5.21. The lowest BCUT2D eigenvalue weighted by Gasteiger charge is -2.09. The average Bonchev–Trinajstić information content (AvgIpc) is 2.16. The highest BCUT2D eigenvalue weighted by Crippen LogP contribution is 2.29. The summed E-state index contributed by atoms with van der Waals surface area (Å²) in [5, 5.41) is 10.8. The van der Waals surface area contributed by atoms with E-state index >= 15 is 0 Å². The number of hydrogen-bond donors (Lipinski definition) is 0. The van der Waals surface area contributed by atoms with Gasteiger partial charge in [0.25, 0.3) is 0 Å². The number of nitro groups is 1. The van der Waals surface area contributed by atoms with Gasteiger partial charge in [-0.05, 0) is 32.9 Å². The number of carbonyl (C=O) groups is 1. The number of ketones is 1. The van der Waals surface area contributed by atoms with Crippen LogP contribution in [-0.4, -0.2) is 10.7 Å². The Hall–Kier alpha value is -1.91. The van der Waals surface area contributed by atoms with E-state index < -0.39 is 4.92 Å². The summed E-state index contributed by atoms with van der Waals surface area (Å²) in [6.07, 6.45) is 0.596. The second-order valence-electron chi connectivity index (χ2n) is 3.51. The van der Waals surface area contributed by atoms with Gasteiger partial charge < -0.3 is 4.74 Å². The summed E-state index contributed by atoms with van der Waals surface area (Å²) in [4.78, 5) is 21.3. The van der Waals surface area contributed by atoms with E-state index in [4.69, 9.17) is 4.74 Å². The first-order chi connectivity index (χ1) is 7.41. The Labute approximate surface area is 93.2 Å². The van der Waals surface area contributed by atoms with Crippen LogP contribution >= 0.6 is 0 Å². The summed E-state index contributed by atoms with van der Waals surface area (Å²) in [5.74, 6) is -0.0677. The van der Waals surface area contributed by atoms with Crippen molar-refractivity contribution in [1.29, 1.82) is 0 Å². The van der Waals surface area contributed by atoms with Crippen molar-refractivity contribution in [2.75, 3.05) is 0 Å². The van der Waals surface area contributed by atoms with Gasteiger partial charge in [0.15, 0.2) is 11.5 Å². The van der Waals surface area contributed by atoms with Gasteiger partial charge in [-0.3, -0.25) is 14.9 Å². The second-order valence-corrected chi connectivity index (χ2v) is 3.51. The van der Waals surface area contributed by atoms with Crippen LogP contribution in [0.25, 0.3) is 0 Å². The van der Waals surface area contributed by atoms with Crippen LogP contribution in [0.4, 0.5) is 5.69 Å². The molecular weight excluding hydrogens is 210 g/mol. The maximum Gasteiger partial charge on any atom is 0.311 e. The number of benzene rings is 1. The molecule has 1 aromatic rings. The van der Waals surface area contributed by atoms with E-state index in [2.05, 4.69) is 0 Å². The van der Waals surface area contributed by atoms with Crippen LogP contribution in [0.15, 0.2) is 18.2 Å². The highest BCUT2D eigenvalue weighted by Gasteiger charge is 2.18. The highest BCUT2D eigenvalue weighted by molar-refractivity contribution is 5.95. The van der Waals surface area contributed by atoms with Crippen molar-refractivity contribution in [2.45, 2.75) is 20.8 Å². The predicted octanol–water partition coefficient (Wildman–Crippen LogP) is 2.75. The average molecular weight is 222 g/mol. The van der Waals surface area contributed by atoms with Crippen LogP contribution in [0.2, 0.25) is 0 Å². The molecule has 0 aliphatic carbocycles. The maximum absolute atomic E-state index is 11.1. The molecule has 85 valence electrons. The minimum absolute atomic E-state index is 0.148. The van der Waals surface area contributed by atoms with Crippen molar-refractivity contribution < 1.29 is 14.5 Å². The van der Waals surface area contributed by atoms with Crippen LogP contribution in [0.3, 0.4) is 0 Å². The predicted molar refractivity (Wildman–Crippen MR) is 58.3 cm³/mol. The molecule has 0 N–H and O–H groups in total. The Kier molecular flexibility index (Phi) is 3.60. The molecule has 5 heteroatoms. The van der Waals surface area contributed by atoms with Gasteiger partial charge in [-0.1, -0.05) is 0 Å². The van der Waals surface area contributed by atoms with Crippen molar-refractivity contribution >= 4 is 11.5 Å². The zero-order valence-corrected chi connectivity index (χ0v) is 9.31. The molecule has 0 aliphatic heterocycles. The normalized spacial score (nSPS) is 10.2. The summed E-state index contributed by atoms with van der Waals surface area (Å²) in [6, 6.07) is 4.16. The van der Waals surface area contributed by atoms with Gasteiger partial charge in [0.2, 0.25) is 0 Å². The highest BCUT2D eigenvalue weighted by atomic mass is 16.6. The van der Waals surface area contributed by atoms with Crippen LogP contribution in [0.1, 0.15) is 31.1 Å². The first-order valence-corrected chi connectivity index (χ1v) is 4.69. The van der Waals surface area contributed by atoms with E-state index in [1.54, 1.807) is 13.8 Å². The minimum Gasteiger partial charge on any atom is -0.477 e. The third-order valence-corrected chi connectivity index (χ3v) is 1.88. The van der Waals surface area contributed by atoms with Crippen molar-refractivity contribution in [3.63, 3.8) is 0 Å². The second kappa shape index (κ2) is 4.74. The topological polar surface area (TPSA) is 69.4 Å². The zero-order chi connectivity index (χ0) is 12.3. The van der Waals surface area contributed by atoms with E-state index in [1.165, 1.54) is 25.1 Å². The van der Waals surface area contributed by atoms with Crippen molar-refractivity contribution in [3.8, 4) is 5.75 Å². The first-order valence-electron chi connectivity index (χ1n) is 4.69. The molecule has 0 spiro atoms. The molecular formula is C11H12NO4. The summed E-state index contributed by atoms with van der Waals surface area (Å²) >= 11 is 0. The Morgan fingerprint density at radius 1 is 1.31 bits per heavy atom. The van der Waals surface area contributed by atoms with E-state index in [9.17, 15) is 14.9 Å². The van der Waals surface area contributed by atoms with Gasteiger partial charge >= 0.3 is 5.69 Å². The molecule has 1 radical (unpaired) electrons. The number of carbonyl (C=O) groups excluding carboxylic acids is 1. The van der Waals surface area contributed by atoms with Gasteiger partial charge in [-0.25, -0.2) is 0 Å². The largest absolute Gasteiger partial charge is 0.477 e. The molecule has 0 aromatic heterocycles. The molecule has 0 saturated heterocycles. The minimum atomic E-state index is -0.565. The molecule has 0 fully saturated rings. The van der Waals surface area contributed by atoms with Crippen molar-refractivity contribution in [2.24, 2.45) is 0 Å². The third kappa shape index (κ3) is 2.79. The first kappa shape index (κ1) is 12.2. The molecule has 1 aromatic carbocycles. The molecule has 0 unspecified atom stereocenters. The maximum atomic E-state index is 11.1. The molecule has 5 nitrogen and oxygen atoms in total. The van der Waals surface area contributed by atoms with E-state index in [-0.39, 0.29) is 17.2 Å². The lowest BCUT2D eigenvalue weighted by molar-refractivity contribution is -0.385. The Morgan fingerprint density at radius 2 is 1.94 bits per heavy atom. The fourth-order valence-electron chi connectivity index (χ4n) is 1.19. The molecule has 1 rings (SSSR count). The van der Waals surface area contributed by atoms with Crippen molar-refractivity contribution in [3.05, 3.63) is 40.0 Å². The Morgan fingerprint density at radius 3 is 2.38 bits per heavy atom. The summed E-state index contributed by atoms with van der Waals surface area (Å²) in [6.45, 7) is 4.75. The number of hydrogen-bond acceptors (Lipinski definition) is 4. The Bertz CT molecular complexity index is 426. The fourth-order valence-corrected chi connectivity index (χ4v) is 1.19. The van der Waals surface area contributed by atoms with Crippen LogP contribution in [0.5, 0.6) is 5.75 Å². The van der Waals surface area contributed by atoms with E-state index in [1.807, 2.05) is 0 Å². The van der Waals surface area contributed by atoms with Crippen LogP contribution in [-0.2, 0) is 0 Å². The number of rotatable bonds is 4. The van der Waals surface area contributed by atoms with Crippen LogP contribution in [0, 0.1) is 16.2 Å². The SMILES string of the molecule is C[C](C)Oc1ccc(C(C)=O)cc1[N+](=O)[O-]. The van der Waals surface area contributed by atoms with E-state index in [0.29, 0.717) is 11.7 Å². The van der Waals surface area contributed by atoms with Gasteiger partial charge in [0.05, 0.1) is 4.92 Å². The lowest BCUT2D eigenvalue weighted by atomic mass is 10.1. The molecule has 0 heterocycles. The monoisotopic (exact) mass is 222 g/mol. The fraction of sp³-hybridized carbons (Fsp3) is 0.273. The van der Waals surface area contributed by atoms with Crippen LogP contribution < -0.4 is 4.74 Å². The molecule has 0 amide bonds. The number of Topliss-reactive ketones (excluding diaryl/α,β-unsaturated/α-hetero) is 1. The summed E-state index contributed by atoms with van der Waals surface area (Å²) in [5.41, 5.74) is 0.0988. The number of nitrogens with zero attached hydrogens (tertiary/aromatic N) is 1. The van der Waals surface area contributed by atoms with Gasteiger partial charge in [-0.15, -0.1) is 0 Å². The standard InChI is InChI=1S/C11H12NO4/c1-7(2)16-11-5-4-9(8(3)13)6-10(11)12(14)15/h4-6H,1-3H3. The molecule has 0 bridgehead atoms. The smallest absolute Gasteiger partial charge is 0.311 e. The molecule has 16 heavy (non-hydrogen) atoms. The van der Waals surface area contributed by atoms with Gasteiger partial charge in [0, 0.05) is 11.6 Å². The van der Waals surface area contributed by atoms with Gasteiger partial charge in [-0.2, -0.15) is 0 Å². The quantitative estimate of drug-likeness (QED) is 0.446. The number of ether oxygens (including phenoxy) is 1. The van der Waals surface area contributed by atoms with Gasteiger partial charge in [0.1, 0.15) is 6.10 Å². The van der Waals surface area contributed by atoms with Crippen molar-refractivity contribution in [1.82, 2.24) is 0 Å². The zero-order valence-electron chi connectivity index (χ0n) is 9.31. The Balaban J connectivity index is 3.19.